The van der Waals surface area contributed by atoms with Gasteiger partial charge in [0.15, 0.2) is 0 Å². The van der Waals surface area contributed by atoms with Crippen LogP contribution in [0.4, 0.5) is 17.1 Å². The molecular weight excluding hydrogens is 1250 g/mol. The highest BCUT2D eigenvalue weighted by Gasteiger charge is 2.49. The average molecular weight is 1360 g/mol. The van der Waals surface area contributed by atoms with Gasteiger partial charge in [-0.15, -0.1) is 0 Å². The first-order valence-corrected chi connectivity index (χ1v) is 40.9. The minimum atomic E-state index is -0.352. The van der Waals surface area contributed by atoms with Crippen LogP contribution in [0.2, 0.25) is 0 Å². The van der Waals surface area contributed by atoms with Crippen molar-refractivity contribution >= 4 is 60.9 Å². The van der Waals surface area contributed by atoms with Crippen molar-refractivity contribution in [3.05, 3.63) is 232 Å². The van der Waals surface area contributed by atoms with Gasteiger partial charge in [0.1, 0.15) is 22.3 Å². The van der Waals surface area contributed by atoms with Crippen molar-refractivity contribution in [2.45, 2.75) is 258 Å². The fourth-order valence-electron chi connectivity index (χ4n) is 20.0. The summed E-state index contributed by atoms with van der Waals surface area (Å²) in [4.78, 5) is 2.67. The van der Waals surface area contributed by atoms with E-state index in [-0.39, 0.29) is 16.2 Å². The molecule has 0 saturated heterocycles. The molecule has 0 unspecified atom stereocenters. The molecule has 12 aromatic rings. The smallest absolute Gasteiger partial charge is 0.143 e. The normalized spacial score (nSPS) is 14.2. The fraction of sp³-hybridized carbons (Fsp3) is 0.400. The van der Waals surface area contributed by atoms with Crippen molar-refractivity contribution in [1.29, 1.82) is 0 Å². The maximum Gasteiger partial charge on any atom is 0.143 e. The number of benzene rings is 10. The van der Waals surface area contributed by atoms with E-state index in [2.05, 4.69) is 249 Å². The molecule has 3 aliphatic carbocycles. The number of nitrogens with zero attached hydrogens (tertiary/aromatic N) is 1. The molecule has 0 spiro atoms. The third-order valence-electron chi connectivity index (χ3n) is 25.1. The lowest BCUT2D eigenvalue weighted by Crippen LogP contribution is -2.27. The van der Waals surface area contributed by atoms with E-state index in [1.165, 1.54) is 295 Å². The Morgan fingerprint density at radius 2 is 0.767 bits per heavy atom. The lowest BCUT2D eigenvalue weighted by molar-refractivity contribution is 0.394. The molecule has 0 aliphatic heterocycles. The Labute approximate surface area is 616 Å². The number of anilines is 3. The molecule has 3 aliphatic rings. The minimum absolute atomic E-state index is 0.110. The van der Waals surface area contributed by atoms with Gasteiger partial charge in [0.25, 0.3) is 0 Å². The number of hydrogen-bond acceptors (Lipinski definition) is 3. The number of fused-ring (bicyclic) bond motifs is 17. The second-order valence-corrected chi connectivity index (χ2v) is 32.4. The predicted molar refractivity (Wildman–Crippen MR) is 443 cm³/mol. The van der Waals surface area contributed by atoms with Gasteiger partial charge in [-0.1, -0.05) is 316 Å². The zero-order chi connectivity index (χ0) is 70.8. The first-order valence-electron chi connectivity index (χ1n) is 40.9. The van der Waals surface area contributed by atoms with Crippen molar-refractivity contribution in [2.75, 3.05) is 4.90 Å². The standard InChI is InChI=1S/C100H113NO2/c1-10-14-18-22-26-39-57-99(58-40-27-23-19-15-11-2)82-55-56-91-95(77-46-34-37-49-89(77)102-91)94(82)80-66-85-79(65-86(80)99)75-53-51-73(64-84(75)100(85,59-41-28-24-20-16-12-3)60-42-29-25-21-17-13-4)101(88-48-36-33-45-74(88)71-43-31-30-32-44-71)72-52-54-76-83(63-72)98(8,9)87-67-81(92-69(6)61-68(5)62-70(92)7)97-96(93(76)87)78-47-35-38-50-90(78)103-97/h30-38,43-56,61-67H,10-29,39-42,57-60H2,1-9H3. The van der Waals surface area contributed by atoms with E-state index < -0.39 is 0 Å². The molecule has 0 saturated carbocycles. The monoisotopic (exact) mass is 1360 g/mol. The van der Waals surface area contributed by atoms with E-state index in [4.69, 9.17) is 8.83 Å². The van der Waals surface area contributed by atoms with Gasteiger partial charge in [0.05, 0.1) is 5.69 Å². The summed E-state index contributed by atoms with van der Waals surface area (Å²) < 4.78 is 14.1. The third-order valence-corrected chi connectivity index (χ3v) is 25.1. The van der Waals surface area contributed by atoms with Gasteiger partial charge in [-0.05, 0) is 202 Å². The summed E-state index contributed by atoms with van der Waals surface area (Å²) >= 11 is 0. The zero-order valence-electron chi connectivity index (χ0n) is 63.9. The van der Waals surface area contributed by atoms with E-state index >= 15 is 0 Å². The summed E-state index contributed by atoms with van der Waals surface area (Å²) in [6.07, 6.45) is 35.4. The van der Waals surface area contributed by atoms with Crippen molar-refractivity contribution in [1.82, 2.24) is 0 Å². The van der Waals surface area contributed by atoms with Crippen LogP contribution in [-0.4, -0.2) is 0 Å². The summed E-state index contributed by atoms with van der Waals surface area (Å²) in [5.41, 5.74) is 33.0. The predicted octanol–water partition coefficient (Wildman–Crippen LogP) is 31.1. The first-order chi connectivity index (χ1) is 50.4. The number of hydrogen-bond donors (Lipinski definition) is 0. The molecular formula is C100H113NO2. The quantitative estimate of drug-likeness (QED) is 0.0384. The number of furan rings is 2. The Morgan fingerprint density at radius 3 is 1.37 bits per heavy atom. The van der Waals surface area contributed by atoms with E-state index in [1.807, 2.05) is 0 Å². The lowest BCUT2D eigenvalue weighted by Gasteiger charge is -2.35. The van der Waals surface area contributed by atoms with Crippen LogP contribution in [0.25, 0.3) is 99.5 Å². The zero-order valence-corrected chi connectivity index (χ0v) is 63.9. The molecule has 0 amide bonds. The van der Waals surface area contributed by atoms with Gasteiger partial charge in [-0.2, -0.15) is 0 Å². The van der Waals surface area contributed by atoms with Crippen LogP contribution in [0.3, 0.4) is 0 Å². The van der Waals surface area contributed by atoms with Crippen molar-refractivity contribution < 1.29 is 8.83 Å². The average Bonchev–Trinajstić information content (AvgIpc) is 1.53. The summed E-state index contributed by atoms with van der Waals surface area (Å²) in [5, 5.41) is 4.97. The third kappa shape index (κ3) is 12.8. The Bertz CT molecular complexity index is 4970. The summed E-state index contributed by atoms with van der Waals surface area (Å²) in [5.74, 6) is 0. The number of para-hydroxylation sites is 3. The van der Waals surface area contributed by atoms with Gasteiger partial charge in [-0.3, -0.25) is 0 Å². The van der Waals surface area contributed by atoms with Gasteiger partial charge in [0.2, 0.25) is 0 Å². The number of aryl methyl sites for hydroxylation is 3. The van der Waals surface area contributed by atoms with Crippen LogP contribution in [-0.2, 0) is 16.2 Å². The van der Waals surface area contributed by atoms with E-state index in [0.717, 1.165) is 35.2 Å². The summed E-state index contributed by atoms with van der Waals surface area (Å²) in [6.45, 7) is 21.2. The van der Waals surface area contributed by atoms with Gasteiger partial charge < -0.3 is 13.7 Å². The highest BCUT2D eigenvalue weighted by atomic mass is 16.3. The maximum absolute atomic E-state index is 7.11. The van der Waals surface area contributed by atoms with Crippen LogP contribution >= 0.6 is 0 Å². The van der Waals surface area contributed by atoms with E-state index in [9.17, 15) is 0 Å². The second-order valence-electron chi connectivity index (χ2n) is 32.4. The van der Waals surface area contributed by atoms with Gasteiger partial charge in [-0.25, -0.2) is 0 Å². The number of rotatable bonds is 33. The van der Waals surface area contributed by atoms with E-state index in [1.54, 1.807) is 16.7 Å². The Balaban J connectivity index is 0.954. The van der Waals surface area contributed by atoms with Crippen LogP contribution in [0.1, 0.15) is 271 Å². The van der Waals surface area contributed by atoms with Crippen molar-refractivity contribution in [3.8, 4) is 55.6 Å². The lowest BCUT2D eigenvalue weighted by atomic mass is 9.68. The Hall–Kier alpha value is -8.40. The van der Waals surface area contributed by atoms with Crippen LogP contribution in [0.5, 0.6) is 0 Å². The molecule has 103 heavy (non-hydrogen) atoms. The van der Waals surface area contributed by atoms with Crippen LogP contribution < -0.4 is 4.90 Å². The van der Waals surface area contributed by atoms with Crippen molar-refractivity contribution in [3.63, 3.8) is 0 Å². The molecule has 2 heterocycles. The van der Waals surface area contributed by atoms with Crippen LogP contribution in [0, 0.1) is 20.8 Å². The first kappa shape index (κ1) is 70.3. The highest BCUT2D eigenvalue weighted by molar-refractivity contribution is 6.19. The molecule has 3 heteroatoms. The minimum Gasteiger partial charge on any atom is -0.456 e. The molecule has 0 N–H and O–H groups in total. The molecule has 0 fully saturated rings. The summed E-state index contributed by atoms with van der Waals surface area (Å²) in [6, 6.07) is 71.4. The van der Waals surface area contributed by atoms with E-state index in [0.29, 0.717) is 0 Å². The molecule has 0 bridgehead atoms. The molecule has 10 aromatic carbocycles. The molecule has 0 atom stereocenters. The van der Waals surface area contributed by atoms with Gasteiger partial charge in [0, 0.05) is 60.3 Å². The van der Waals surface area contributed by atoms with Crippen LogP contribution in [0.15, 0.2) is 191 Å². The maximum atomic E-state index is 7.11. The summed E-state index contributed by atoms with van der Waals surface area (Å²) in [7, 11) is 0. The van der Waals surface area contributed by atoms with Gasteiger partial charge >= 0.3 is 0 Å². The second kappa shape index (κ2) is 30.4. The molecule has 0 radical (unpaired) electrons. The largest absolute Gasteiger partial charge is 0.456 e. The fourth-order valence-corrected chi connectivity index (χ4v) is 20.0. The Kier molecular flexibility index (Phi) is 20.7. The SMILES string of the molecule is CCCCCCCCC1(CCCCCCCC)c2cc(N(c3ccc4c(c3)C(C)(C)c3cc(-c5c(C)cc(C)cc5C)c5oc6ccccc6c5c3-4)c3ccccc3-c3ccccc3)ccc2-c2cc3c(cc21)-c1c(ccc2oc4ccccc4c12)C3(CCCCCCCC)CCCCCCCC. The molecule has 3 nitrogen and oxygen atoms in total. The topological polar surface area (TPSA) is 29.5 Å². The Morgan fingerprint density at radius 1 is 0.311 bits per heavy atom. The number of unbranched alkanes of at least 4 members (excludes halogenated alkanes) is 20. The molecule has 15 rings (SSSR count). The highest BCUT2D eigenvalue weighted by Crippen LogP contribution is 2.64. The van der Waals surface area contributed by atoms with Crippen molar-refractivity contribution in [2.24, 2.45) is 0 Å². The molecule has 2 aromatic heterocycles. The molecule has 530 valence electrons.